The van der Waals surface area contributed by atoms with Gasteiger partial charge < -0.3 is 21.0 Å². The van der Waals surface area contributed by atoms with Crippen LogP contribution in [0.2, 0.25) is 0 Å². The largest absolute Gasteiger partial charge is 0.409 e. The van der Waals surface area contributed by atoms with Crippen molar-refractivity contribution < 1.29 is 9.94 Å². The van der Waals surface area contributed by atoms with Crippen LogP contribution in [0.3, 0.4) is 0 Å². The molecule has 0 atom stereocenters. The third kappa shape index (κ3) is 4.35. The molecular formula is C13H21N3O2. The number of benzene rings is 1. The van der Waals surface area contributed by atoms with E-state index in [9.17, 15) is 0 Å². The van der Waals surface area contributed by atoms with Crippen molar-refractivity contribution in [2.45, 2.75) is 26.0 Å². The molecule has 1 aromatic rings. The van der Waals surface area contributed by atoms with Crippen molar-refractivity contribution in [2.75, 3.05) is 13.7 Å². The van der Waals surface area contributed by atoms with E-state index < -0.39 is 0 Å². The molecule has 0 aliphatic rings. The van der Waals surface area contributed by atoms with Gasteiger partial charge in [0.05, 0.1) is 5.60 Å². The van der Waals surface area contributed by atoms with Gasteiger partial charge in [-0.25, -0.2) is 0 Å². The molecular weight excluding hydrogens is 230 g/mol. The second-order valence-corrected chi connectivity index (χ2v) is 4.75. The smallest absolute Gasteiger partial charge is 0.170 e. The fourth-order valence-corrected chi connectivity index (χ4v) is 1.43. The summed E-state index contributed by atoms with van der Waals surface area (Å²) in [6, 6.07) is 7.54. The number of amidine groups is 1. The van der Waals surface area contributed by atoms with E-state index >= 15 is 0 Å². The standard InChI is InChI=1S/C13H21N3O2/c1-13(2,18-3)9-15-8-10-4-6-11(7-5-10)12(14)16-17/h4-7,15,17H,8-9H2,1-3H3,(H2,14,16). The Bertz CT molecular complexity index is 399. The van der Waals surface area contributed by atoms with Crippen LogP contribution in [-0.4, -0.2) is 30.3 Å². The van der Waals surface area contributed by atoms with Crippen LogP contribution in [0.1, 0.15) is 25.0 Å². The number of rotatable bonds is 6. The van der Waals surface area contributed by atoms with Gasteiger partial charge in [0.2, 0.25) is 0 Å². The molecule has 0 amide bonds. The van der Waals surface area contributed by atoms with Gasteiger partial charge >= 0.3 is 0 Å². The number of nitrogens with zero attached hydrogens (tertiary/aromatic N) is 1. The van der Waals surface area contributed by atoms with E-state index in [0.29, 0.717) is 5.56 Å². The summed E-state index contributed by atoms with van der Waals surface area (Å²) in [5.74, 6) is 0.120. The minimum Gasteiger partial charge on any atom is -0.409 e. The molecule has 0 heterocycles. The van der Waals surface area contributed by atoms with Crippen LogP contribution in [0.25, 0.3) is 0 Å². The number of nitrogens with two attached hydrogens (primary N) is 1. The van der Waals surface area contributed by atoms with Crippen LogP contribution in [0.5, 0.6) is 0 Å². The normalized spacial score (nSPS) is 12.7. The van der Waals surface area contributed by atoms with E-state index in [4.69, 9.17) is 15.7 Å². The molecule has 0 saturated heterocycles. The van der Waals surface area contributed by atoms with Gasteiger partial charge in [-0.3, -0.25) is 0 Å². The Hall–Kier alpha value is -1.59. The van der Waals surface area contributed by atoms with Gasteiger partial charge in [-0.15, -0.1) is 0 Å². The van der Waals surface area contributed by atoms with Crippen molar-refractivity contribution in [3.8, 4) is 0 Å². The predicted octanol–water partition coefficient (Wildman–Crippen LogP) is 1.30. The molecule has 18 heavy (non-hydrogen) atoms. The van der Waals surface area contributed by atoms with E-state index in [-0.39, 0.29) is 11.4 Å². The predicted molar refractivity (Wildman–Crippen MR) is 71.7 cm³/mol. The van der Waals surface area contributed by atoms with Crippen LogP contribution in [-0.2, 0) is 11.3 Å². The van der Waals surface area contributed by atoms with Crippen LogP contribution >= 0.6 is 0 Å². The summed E-state index contributed by atoms with van der Waals surface area (Å²) in [5, 5.41) is 14.8. The quantitative estimate of drug-likeness (QED) is 0.308. The minimum atomic E-state index is -0.173. The number of hydrogen-bond donors (Lipinski definition) is 3. The Labute approximate surface area is 108 Å². The lowest BCUT2D eigenvalue weighted by molar-refractivity contribution is 0.0230. The SMILES string of the molecule is COC(C)(C)CNCc1ccc(/C(N)=N/O)cc1. The van der Waals surface area contributed by atoms with Gasteiger partial charge in [0.25, 0.3) is 0 Å². The monoisotopic (exact) mass is 251 g/mol. The van der Waals surface area contributed by atoms with E-state index in [0.717, 1.165) is 18.7 Å². The van der Waals surface area contributed by atoms with Gasteiger partial charge in [-0.1, -0.05) is 29.4 Å². The Balaban J connectivity index is 2.50. The Morgan fingerprint density at radius 3 is 2.50 bits per heavy atom. The molecule has 1 rings (SSSR count). The summed E-state index contributed by atoms with van der Waals surface area (Å²) in [4.78, 5) is 0. The molecule has 0 fully saturated rings. The number of methoxy groups -OCH3 is 1. The molecule has 100 valence electrons. The van der Waals surface area contributed by atoms with Gasteiger partial charge in [-0.05, 0) is 19.4 Å². The molecule has 5 nitrogen and oxygen atoms in total. The second-order valence-electron chi connectivity index (χ2n) is 4.75. The molecule has 4 N–H and O–H groups in total. The van der Waals surface area contributed by atoms with Crippen LogP contribution < -0.4 is 11.1 Å². The van der Waals surface area contributed by atoms with Crippen LogP contribution in [0.15, 0.2) is 29.4 Å². The van der Waals surface area contributed by atoms with E-state index in [1.54, 1.807) is 7.11 Å². The molecule has 0 aliphatic heterocycles. The highest BCUT2D eigenvalue weighted by Crippen LogP contribution is 2.07. The third-order valence-corrected chi connectivity index (χ3v) is 2.79. The summed E-state index contributed by atoms with van der Waals surface area (Å²) in [6.07, 6.45) is 0. The Morgan fingerprint density at radius 1 is 1.39 bits per heavy atom. The highest BCUT2D eigenvalue weighted by atomic mass is 16.5. The maximum atomic E-state index is 8.55. The number of hydrogen-bond acceptors (Lipinski definition) is 4. The highest BCUT2D eigenvalue weighted by molar-refractivity contribution is 5.96. The number of oxime groups is 1. The number of ether oxygens (including phenoxy) is 1. The lowest BCUT2D eigenvalue weighted by atomic mass is 10.1. The molecule has 0 aliphatic carbocycles. The first-order valence-electron chi connectivity index (χ1n) is 5.81. The summed E-state index contributed by atoms with van der Waals surface area (Å²) < 4.78 is 5.32. The van der Waals surface area contributed by atoms with E-state index in [1.807, 2.05) is 38.1 Å². The fraction of sp³-hybridized carbons (Fsp3) is 0.462. The van der Waals surface area contributed by atoms with Crippen molar-refractivity contribution in [2.24, 2.45) is 10.9 Å². The Morgan fingerprint density at radius 2 is 2.00 bits per heavy atom. The van der Waals surface area contributed by atoms with Crippen molar-refractivity contribution in [3.05, 3.63) is 35.4 Å². The molecule has 5 heteroatoms. The van der Waals surface area contributed by atoms with Crippen LogP contribution in [0, 0.1) is 0 Å². The van der Waals surface area contributed by atoms with Gasteiger partial charge in [0.15, 0.2) is 5.84 Å². The summed E-state index contributed by atoms with van der Waals surface area (Å²) in [7, 11) is 1.70. The Kier molecular flexibility index (Phi) is 5.12. The fourth-order valence-electron chi connectivity index (χ4n) is 1.43. The first-order chi connectivity index (χ1) is 8.48. The van der Waals surface area contributed by atoms with E-state index in [1.165, 1.54) is 0 Å². The summed E-state index contributed by atoms with van der Waals surface area (Å²) in [5.41, 5.74) is 7.16. The molecule has 0 bridgehead atoms. The third-order valence-electron chi connectivity index (χ3n) is 2.79. The summed E-state index contributed by atoms with van der Waals surface area (Å²) >= 11 is 0. The first kappa shape index (κ1) is 14.5. The zero-order chi connectivity index (χ0) is 13.6. The topological polar surface area (TPSA) is 79.9 Å². The molecule has 0 spiro atoms. The zero-order valence-corrected chi connectivity index (χ0v) is 11.1. The molecule has 0 unspecified atom stereocenters. The van der Waals surface area contributed by atoms with E-state index in [2.05, 4.69) is 10.5 Å². The average Bonchev–Trinajstić information content (AvgIpc) is 2.38. The van der Waals surface area contributed by atoms with Crippen molar-refractivity contribution in [1.82, 2.24) is 5.32 Å². The van der Waals surface area contributed by atoms with Crippen molar-refractivity contribution in [3.63, 3.8) is 0 Å². The summed E-state index contributed by atoms with van der Waals surface area (Å²) in [6.45, 7) is 5.58. The lowest BCUT2D eigenvalue weighted by Gasteiger charge is -2.23. The first-order valence-corrected chi connectivity index (χ1v) is 5.81. The molecule has 0 radical (unpaired) electrons. The number of nitrogens with one attached hydrogen (secondary N) is 1. The van der Waals surface area contributed by atoms with Gasteiger partial charge in [-0.2, -0.15) is 0 Å². The maximum absolute atomic E-state index is 8.55. The van der Waals surface area contributed by atoms with Crippen LogP contribution in [0.4, 0.5) is 0 Å². The highest BCUT2D eigenvalue weighted by Gasteiger charge is 2.14. The molecule has 0 aromatic heterocycles. The minimum absolute atomic E-state index is 0.120. The molecule has 0 saturated carbocycles. The second kappa shape index (κ2) is 6.37. The lowest BCUT2D eigenvalue weighted by Crippen LogP contribution is -2.36. The van der Waals surface area contributed by atoms with Gasteiger partial charge in [0, 0.05) is 25.8 Å². The average molecular weight is 251 g/mol. The van der Waals surface area contributed by atoms with Crippen molar-refractivity contribution >= 4 is 5.84 Å². The van der Waals surface area contributed by atoms with Gasteiger partial charge in [0.1, 0.15) is 0 Å². The van der Waals surface area contributed by atoms with Crippen molar-refractivity contribution in [1.29, 1.82) is 0 Å². The zero-order valence-electron chi connectivity index (χ0n) is 11.1. The molecule has 1 aromatic carbocycles. The maximum Gasteiger partial charge on any atom is 0.170 e.